The topological polar surface area (TPSA) is 65.2 Å². The van der Waals surface area contributed by atoms with Crippen molar-refractivity contribution in [2.45, 2.75) is 25.3 Å². The third-order valence-electron chi connectivity index (χ3n) is 6.13. The van der Waals surface area contributed by atoms with Gasteiger partial charge in [0.15, 0.2) is 0 Å². The number of carbonyl (C=O) groups excluding carboxylic acids is 1. The van der Waals surface area contributed by atoms with Gasteiger partial charge >= 0.3 is 6.03 Å². The first kappa shape index (κ1) is 16.1. The molecule has 2 heterocycles. The third-order valence-corrected chi connectivity index (χ3v) is 6.13. The number of nitrogens with zero attached hydrogens (tertiary/aromatic N) is 1. The molecular formula is C22H21N3O2. The summed E-state index contributed by atoms with van der Waals surface area (Å²) in [7, 11) is 0. The molecule has 1 aliphatic heterocycles. The lowest BCUT2D eigenvalue weighted by molar-refractivity contribution is -0.0969. The molecule has 0 radical (unpaired) electrons. The van der Waals surface area contributed by atoms with E-state index in [1.807, 2.05) is 41.3 Å². The van der Waals surface area contributed by atoms with E-state index in [0.29, 0.717) is 11.1 Å². The van der Waals surface area contributed by atoms with Gasteiger partial charge in [0.2, 0.25) is 0 Å². The van der Waals surface area contributed by atoms with Gasteiger partial charge in [-0.1, -0.05) is 42.8 Å². The maximum atomic E-state index is 13.0. The van der Waals surface area contributed by atoms with Crippen LogP contribution in [0.1, 0.15) is 30.9 Å². The Bertz CT molecular complexity index is 1070. The van der Waals surface area contributed by atoms with Crippen molar-refractivity contribution in [2.75, 3.05) is 11.9 Å². The normalized spacial score (nSPS) is 20.1. The molecule has 27 heavy (non-hydrogen) atoms. The second kappa shape index (κ2) is 5.98. The highest BCUT2D eigenvalue weighted by atomic mass is 16.2. The van der Waals surface area contributed by atoms with Crippen LogP contribution in [0.25, 0.3) is 10.8 Å². The number of carbonyl (C=O) groups is 1. The van der Waals surface area contributed by atoms with Gasteiger partial charge in [0.25, 0.3) is 5.56 Å². The monoisotopic (exact) mass is 359 g/mol. The molecule has 1 saturated heterocycles. The van der Waals surface area contributed by atoms with Crippen molar-refractivity contribution in [1.82, 2.24) is 9.88 Å². The van der Waals surface area contributed by atoms with E-state index in [0.717, 1.165) is 11.9 Å². The Hall–Kier alpha value is -3.08. The fourth-order valence-electron chi connectivity index (χ4n) is 4.61. The Morgan fingerprint density at radius 2 is 1.93 bits per heavy atom. The van der Waals surface area contributed by atoms with Crippen molar-refractivity contribution in [1.29, 1.82) is 0 Å². The molecule has 3 aromatic rings. The van der Waals surface area contributed by atoms with Crippen LogP contribution in [-0.2, 0) is 0 Å². The predicted octanol–water partition coefficient (Wildman–Crippen LogP) is 4.29. The average Bonchev–Trinajstić information content (AvgIpc) is 2.61. The van der Waals surface area contributed by atoms with Crippen molar-refractivity contribution in [3.63, 3.8) is 0 Å². The SMILES string of the molecule is O=C(Nc1ccc2cc[nH]c(=O)c2c1)N1CC2(CCC2)C1c1ccccc1. The molecule has 1 atom stereocenters. The number of aromatic amines is 1. The van der Waals surface area contributed by atoms with Gasteiger partial charge in [0, 0.05) is 29.2 Å². The van der Waals surface area contributed by atoms with Gasteiger partial charge in [-0.2, -0.15) is 0 Å². The minimum absolute atomic E-state index is 0.104. The number of anilines is 1. The van der Waals surface area contributed by atoms with Gasteiger partial charge < -0.3 is 15.2 Å². The molecule has 2 aliphatic rings. The van der Waals surface area contributed by atoms with Gasteiger partial charge in [-0.15, -0.1) is 0 Å². The van der Waals surface area contributed by atoms with Crippen LogP contribution < -0.4 is 10.9 Å². The number of hydrogen-bond donors (Lipinski definition) is 2. The fourth-order valence-corrected chi connectivity index (χ4v) is 4.61. The van der Waals surface area contributed by atoms with E-state index in [-0.39, 0.29) is 23.0 Å². The number of aromatic nitrogens is 1. The third kappa shape index (κ3) is 2.53. The molecule has 1 saturated carbocycles. The van der Waals surface area contributed by atoms with Crippen LogP contribution in [0.5, 0.6) is 0 Å². The molecular weight excluding hydrogens is 338 g/mol. The lowest BCUT2D eigenvalue weighted by atomic mass is 9.56. The van der Waals surface area contributed by atoms with Crippen LogP contribution >= 0.6 is 0 Å². The lowest BCUT2D eigenvalue weighted by Crippen LogP contribution is -2.64. The first-order valence-corrected chi connectivity index (χ1v) is 9.40. The van der Waals surface area contributed by atoms with Crippen molar-refractivity contribution in [3.05, 3.63) is 76.7 Å². The minimum Gasteiger partial charge on any atom is -0.329 e. The number of pyridine rings is 1. The zero-order valence-corrected chi connectivity index (χ0v) is 14.9. The van der Waals surface area contributed by atoms with Crippen molar-refractivity contribution in [2.24, 2.45) is 5.41 Å². The second-order valence-electron chi connectivity index (χ2n) is 7.70. The van der Waals surface area contributed by atoms with Crippen LogP contribution in [-0.4, -0.2) is 22.5 Å². The number of hydrogen-bond acceptors (Lipinski definition) is 2. The zero-order chi connectivity index (χ0) is 18.4. The van der Waals surface area contributed by atoms with Gasteiger partial charge in [0.05, 0.1) is 6.04 Å². The smallest absolute Gasteiger partial charge is 0.322 e. The Kier molecular flexibility index (Phi) is 3.57. The van der Waals surface area contributed by atoms with Gasteiger partial charge in [-0.3, -0.25) is 4.79 Å². The summed E-state index contributed by atoms with van der Waals surface area (Å²) < 4.78 is 0. The summed E-state index contributed by atoms with van der Waals surface area (Å²) in [6.45, 7) is 0.798. The van der Waals surface area contributed by atoms with E-state index in [4.69, 9.17) is 0 Å². The Morgan fingerprint density at radius 3 is 2.67 bits per heavy atom. The summed E-state index contributed by atoms with van der Waals surface area (Å²) in [5.74, 6) is 0. The first-order chi connectivity index (χ1) is 13.2. The molecule has 5 heteroatoms. The molecule has 5 rings (SSSR count). The average molecular weight is 359 g/mol. The second-order valence-corrected chi connectivity index (χ2v) is 7.70. The maximum Gasteiger partial charge on any atom is 0.322 e. The first-order valence-electron chi connectivity index (χ1n) is 9.40. The molecule has 0 bridgehead atoms. The molecule has 2 aromatic carbocycles. The minimum atomic E-state index is -0.150. The molecule has 2 N–H and O–H groups in total. The lowest BCUT2D eigenvalue weighted by Gasteiger charge is -2.62. The van der Waals surface area contributed by atoms with E-state index in [1.54, 1.807) is 12.3 Å². The fraction of sp³-hybridized carbons (Fsp3) is 0.273. The van der Waals surface area contributed by atoms with Crippen molar-refractivity contribution < 1.29 is 4.79 Å². The number of fused-ring (bicyclic) bond motifs is 1. The highest BCUT2D eigenvalue weighted by Crippen LogP contribution is 2.60. The van der Waals surface area contributed by atoms with Crippen LogP contribution in [0.3, 0.4) is 0 Å². The van der Waals surface area contributed by atoms with E-state index in [2.05, 4.69) is 22.4 Å². The summed E-state index contributed by atoms with van der Waals surface area (Å²) in [6, 6.07) is 17.6. The van der Waals surface area contributed by atoms with Crippen molar-refractivity contribution in [3.8, 4) is 0 Å². The molecule has 1 spiro atoms. The summed E-state index contributed by atoms with van der Waals surface area (Å²) >= 11 is 0. The maximum absolute atomic E-state index is 13.0. The van der Waals surface area contributed by atoms with Gasteiger partial charge in [-0.25, -0.2) is 4.79 Å². The molecule has 1 aromatic heterocycles. The quantitative estimate of drug-likeness (QED) is 0.717. The van der Waals surface area contributed by atoms with Crippen LogP contribution in [0.4, 0.5) is 10.5 Å². The van der Waals surface area contributed by atoms with Gasteiger partial charge in [-0.05, 0) is 42.0 Å². The molecule has 2 amide bonds. The molecule has 136 valence electrons. The van der Waals surface area contributed by atoms with E-state index >= 15 is 0 Å². The number of rotatable bonds is 2. The number of H-pyrrole nitrogens is 1. The number of urea groups is 1. The van der Waals surface area contributed by atoms with E-state index in [1.165, 1.54) is 24.8 Å². The zero-order valence-electron chi connectivity index (χ0n) is 14.9. The predicted molar refractivity (Wildman–Crippen MR) is 106 cm³/mol. The molecule has 5 nitrogen and oxygen atoms in total. The van der Waals surface area contributed by atoms with Crippen LogP contribution in [0, 0.1) is 5.41 Å². The van der Waals surface area contributed by atoms with Crippen molar-refractivity contribution >= 4 is 22.5 Å². The van der Waals surface area contributed by atoms with E-state index in [9.17, 15) is 9.59 Å². The number of likely N-dealkylation sites (tertiary alicyclic amines) is 1. The summed E-state index contributed by atoms with van der Waals surface area (Å²) in [4.78, 5) is 29.6. The largest absolute Gasteiger partial charge is 0.329 e. The Labute approximate surface area is 157 Å². The highest BCUT2D eigenvalue weighted by Gasteiger charge is 2.57. The Balaban J connectivity index is 1.41. The summed E-state index contributed by atoms with van der Waals surface area (Å²) in [5.41, 5.74) is 1.95. The molecule has 2 fully saturated rings. The van der Waals surface area contributed by atoms with Crippen LogP contribution in [0.15, 0.2) is 65.6 Å². The van der Waals surface area contributed by atoms with Crippen LogP contribution in [0.2, 0.25) is 0 Å². The Morgan fingerprint density at radius 1 is 1.11 bits per heavy atom. The van der Waals surface area contributed by atoms with E-state index < -0.39 is 0 Å². The highest BCUT2D eigenvalue weighted by molar-refractivity contribution is 5.94. The molecule has 1 aliphatic carbocycles. The molecule has 1 unspecified atom stereocenters. The summed E-state index contributed by atoms with van der Waals surface area (Å²) in [6.07, 6.45) is 5.24. The standard InChI is InChI=1S/C22H21N3O2/c26-20-18-13-17(8-7-15(18)9-12-23-20)24-21(27)25-14-22(10-4-11-22)19(25)16-5-2-1-3-6-16/h1-3,5-9,12-13,19H,4,10-11,14H2,(H,23,26)(H,24,27). The number of nitrogens with one attached hydrogen (secondary N) is 2. The summed E-state index contributed by atoms with van der Waals surface area (Å²) in [5, 5.41) is 4.42. The number of benzene rings is 2. The van der Waals surface area contributed by atoms with Gasteiger partial charge in [0.1, 0.15) is 0 Å². The number of amides is 2.